The monoisotopic (exact) mass is 1120 g/mol. The Balaban J connectivity index is 0. The van der Waals surface area contributed by atoms with Gasteiger partial charge in [0.25, 0.3) is 0 Å². The Morgan fingerprint density at radius 3 is 0.918 bits per heavy atom. The van der Waals surface area contributed by atoms with E-state index in [1.54, 1.807) is 0 Å². The molecule has 0 atom stereocenters. The third kappa shape index (κ3) is 24.2. The van der Waals surface area contributed by atoms with E-state index < -0.39 is 45.2 Å². The van der Waals surface area contributed by atoms with Crippen LogP contribution < -0.4 is 15.9 Å². The number of benzene rings is 3. The van der Waals surface area contributed by atoms with Gasteiger partial charge in [-0.15, -0.1) is 74.5 Å². The van der Waals surface area contributed by atoms with Gasteiger partial charge in [-0.2, -0.15) is 0 Å². The van der Waals surface area contributed by atoms with Gasteiger partial charge >= 0.3 is 142 Å². The van der Waals surface area contributed by atoms with Crippen molar-refractivity contribution < 1.29 is 8.91 Å². The minimum absolute atomic E-state index is 0.972. The standard InChI is InChI=1S/C18H15Br2P.C11H22OSi2.C10H18Si.C9H15BrSi.C2H8OSi/c19-21(20,16-10-4-1-5-11-16,17-12-6-2-7-13-17)18-14-8-3-9-15-18;1-6-9-14(10-7-2,11-8-3)12-13(4)5;1-5-8-11(4,9-6-2)10-7-3;1-4-7-11(10,8-5-2)9-6-3;1-4(2)3/h1-15H;6-8,13H,1-3,9-11H2,4-5H3;5-7H,1-3,8-10H2,4H3;4-6H,1-3,7-9H2;3-4H,1-2H3. The Bertz CT molecular complexity index is 1500. The van der Waals surface area contributed by atoms with Crippen LogP contribution in [-0.2, 0) is 4.12 Å². The molecule has 3 aromatic carbocycles. The summed E-state index contributed by atoms with van der Waals surface area (Å²) >= 11 is 12.1. The Morgan fingerprint density at radius 1 is 0.492 bits per heavy atom. The number of hydrogen-bond acceptors (Lipinski definition) is 2. The first-order valence-electron chi connectivity index (χ1n) is 21.0. The minimum atomic E-state index is -2.75. The van der Waals surface area contributed by atoms with E-state index in [9.17, 15) is 0 Å². The van der Waals surface area contributed by atoms with Crippen molar-refractivity contribution in [2.24, 2.45) is 0 Å². The smallest absolute Gasteiger partial charge is 0.190 e. The average molecular weight is 1120 g/mol. The fourth-order valence-electron chi connectivity index (χ4n) is 6.52. The van der Waals surface area contributed by atoms with Crippen LogP contribution in [0.15, 0.2) is 205 Å². The van der Waals surface area contributed by atoms with E-state index in [0.717, 1.165) is 36.3 Å². The van der Waals surface area contributed by atoms with Crippen molar-refractivity contribution in [2.75, 3.05) is 0 Å². The van der Waals surface area contributed by atoms with E-state index >= 15 is 0 Å². The van der Waals surface area contributed by atoms with E-state index in [-0.39, 0.29) is 0 Å². The van der Waals surface area contributed by atoms with Crippen molar-refractivity contribution in [3.63, 3.8) is 0 Å². The molecule has 0 saturated carbocycles. The summed E-state index contributed by atoms with van der Waals surface area (Å²) in [7, 11) is -4.87. The molecule has 2 nitrogen and oxygen atoms in total. The maximum absolute atomic E-state index is 8.19. The second kappa shape index (κ2) is 33.7. The van der Waals surface area contributed by atoms with E-state index in [1.165, 1.54) is 34.0 Å². The molecule has 0 aliphatic heterocycles. The van der Waals surface area contributed by atoms with Crippen molar-refractivity contribution in [3.8, 4) is 0 Å². The number of hydrogen-bond donors (Lipinski definition) is 1. The molecule has 336 valence electrons. The molecule has 61 heavy (non-hydrogen) atoms. The molecule has 1 N–H and O–H groups in total. The number of rotatable bonds is 23. The summed E-state index contributed by atoms with van der Waals surface area (Å²) in [4.78, 5) is 8.19. The zero-order chi connectivity index (χ0) is 46.9. The van der Waals surface area contributed by atoms with Gasteiger partial charge in [0.1, 0.15) is 6.69 Å². The maximum Gasteiger partial charge on any atom is 0.190 e. The van der Waals surface area contributed by atoms with Gasteiger partial charge in [0.2, 0.25) is 0 Å². The first-order valence-corrected chi connectivity index (χ1v) is 43.4. The number of halogens is 3. The van der Waals surface area contributed by atoms with Crippen LogP contribution in [0.3, 0.4) is 0 Å². The van der Waals surface area contributed by atoms with Crippen molar-refractivity contribution in [2.45, 2.75) is 87.1 Å². The summed E-state index contributed by atoms with van der Waals surface area (Å²) in [6.45, 7) is 43.3. The average Bonchev–Trinajstić information content (AvgIpc) is 3.20. The second-order valence-corrected chi connectivity index (χ2v) is 52.7. The van der Waals surface area contributed by atoms with Gasteiger partial charge in [0.05, 0.1) is 8.07 Å². The van der Waals surface area contributed by atoms with Gasteiger partial charge in [-0.3, -0.25) is 0 Å². The summed E-state index contributed by atoms with van der Waals surface area (Å²) < 4.78 is 3.47. The molecule has 0 heterocycles. The second-order valence-electron chi connectivity index (χ2n) is 15.8. The van der Waals surface area contributed by atoms with Crippen LogP contribution in [0.5, 0.6) is 0 Å². The molecule has 0 spiro atoms. The molecule has 0 unspecified atom stereocenters. The normalized spacial score (nSPS) is 11.6. The molecule has 0 fully saturated rings. The quantitative estimate of drug-likeness (QED) is 0.0444. The van der Waals surface area contributed by atoms with Gasteiger partial charge in [0.15, 0.2) is 26.4 Å². The summed E-state index contributed by atoms with van der Waals surface area (Å²) in [5.74, 6) is 0. The molecule has 3 rings (SSSR count). The van der Waals surface area contributed by atoms with Crippen molar-refractivity contribution in [3.05, 3.63) is 205 Å². The van der Waals surface area contributed by atoms with Crippen molar-refractivity contribution in [1.82, 2.24) is 0 Å². The Labute approximate surface area is 404 Å². The van der Waals surface area contributed by atoms with Gasteiger partial charge in [-0.25, -0.2) is 0 Å². The van der Waals surface area contributed by atoms with Gasteiger partial charge in [-0.05, 0) is 80.6 Å². The predicted octanol–water partition coefficient (Wildman–Crippen LogP) is 16.1. The van der Waals surface area contributed by atoms with Gasteiger partial charge < -0.3 is 8.91 Å². The molecule has 0 aliphatic carbocycles. The fraction of sp³-hybridized carbons (Fsp3) is 0.280. The van der Waals surface area contributed by atoms with Crippen LogP contribution in [0.2, 0.25) is 87.1 Å². The summed E-state index contributed by atoms with van der Waals surface area (Å²) in [5, 5.41) is 3.79. The molecule has 0 saturated heterocycles. The zero-order valence-corrected chi connectivity index (χ0v) is 49.1. The number of allylic oxidation sites excluding steroid dienone is 9. The molecular weight excluding hydrogens is 1040 g/mol. The van der Waals surface area contributed by atoms with E-state index in [1.807, 2.05) is 67.8 Å². The summed E-state index contributed by atoms with van der Waals surface area (Å²) in [6, 6.07) is 41.6. The third-order valence-electron chi connectivity index (χ3n) is 9.11. The first kappa shape index (κ1) is 61.3. The Kier molecular flexibility index (Phi) is 33.8. The van der Waals surface area contributed by atoms with Crippen molar-refractivity contribution in [1.29, 1.82) is 0 Å². The van der Waals surface area contributed by atoms with E-state index in [2.05, 4.69) is 216 Å². The van der Waals surface area contributed by atoms with E-state index in [0.29, 0.717) is 0 Å². The van der Waals surface area contributed by atoms with Crippen LogP contribution >= 0.6 is 50.3 Å². The Hall–Kier alpha value is -1.81. The fourth-order valence-corrected chi connectivity index (χ4v) is 27.7. The van der Waals surface area contributed by atoms with Crippen molar-refractivity contribution >= 4 is 107 Å². The van der Waals surface area contributed by atoms with Crippen LogP contribution in [0.1, 0.15) is 0 Å². The molecule has 3 aromatic rings. The topological polar surface area (TPSA) is 29.5 Å². The Morgan fingerprint density at radius 2 is 0.721 bits per heavy atom. The molecule has 0 aromatic heterocycles. The molecule has 0 amide bonds. The van der Waals surface area contributed by atoms with E-state index in [4.69, 9.17) is 8.91 Å². The first-order chi connectivity index (χ1) is 28.8. The third-order valence-corrected chi connectivity index (χ3v) is 36.9. The predicted molar refractivity (Wildman–Crippen MR) is 311 cm³/mol. The maximum atomic E-state index is 8.19. The molecule has 0 aliphatic rings. The van der Waals surface area contributed by atoms with Gasteiger partial charge in [-0.1, -0.05) is 61.2 Å². The minimum Gasteiger partial charge on any atom is -0.457 e. The summed E-state index contributed by atoms with van der Waals surface area (Å²) in [5.41, 5.74) is 0. The van der Waals surface area contributed by atoms with Crippen LogP contribution in [0.4, 0.5) is 0 Å². The van der Waals surface area contributed by atoms with Crippen LogP contribution in [0, 0.1) is 0 Å². The van der Waals surface area contributed by atoms with Crippen LogP contribution in [-0.4, -0.2) is 46.0 Å². The molecule has 0 bridgehead atoms. The SMILES string of the molecule is BrP(Br)(c1ccccc1)(c1ccccc1)c1ccccc1.C=CC[Si](Br)(CC=C)CC=C.C=CC[Si](C)(CC=C)CC=C.C=CC[Si](CC=C)(CC=C)O[SiH](C)C.C[SiH](C)O. The molecule has 0 radical (unpaired) electrons. The molecular formula is C50H78Br3O2PSi5. The molecule has 11 heteroatoms. The van der Waals surface area contributed by atoms with Crippen LogP contribution in [0.25, 0.3) is 0 Å². The summed E-state index contributed by atoms with van der Waals surface area (Å²) in [6.07, 6.45) is 18.0. The van der Waals surface area contributed by atoms with Gasteiger partial charge in [0, 0.05) is 0 Å². The zero-order valence-electron chi connectivity index (χ0n) is 38.2. The largest absolute Gasteiger partial charge is 0.457 e.